The maximum atomic E-state index is 14.3. The third-order valence-corrected chi connectivity index (χ3v) is 7.38. The Hall–Kier alpha value is -4.38. The minimum absolute atomic E-state index is 0.0715. The summed E-state index contributed by atoms with van der Waals surface area (Å²) >= 11 is 6.41. The van der Waals surface area contributed by atoms with Gasteiger partial charge in [0.15, 0.2) is 5.69 Å². The van der Waals surface area contributed by atoms with Crippen LogP contribution in [0.25, 0.3) is 21.9 Å². The van der Waals surface area contributed by atoms with Crippen molar-refractivity contribution in [2.24, 2.45) is 7.05 Å². The topological polar surface area (TPSA) is 78.1 Å². The number of amides is 1. The molecule has 1 amide bonds. The van der Waals surface area contributed by atoms with Gasteiger partial charge in [-0.3, -0.25) is 9.48 Å². The first-order valence-electron chi connectivity index (χ1n) is 12.3. The maximum Gasteiger partial charge on any atom is 0.435 e. The van der Waals surface area contributed by atoms with Gasteiger partial charge in [-0.15, -0.1) is 0 Å². The minimum Gasteiger partial charge on any atom is -0.497 e. The van der Waals surface area contributed by atoms with Crippen molar-refractivity contribution in [3.05, 3.63) is 89.5 Å². The van der Waals surface area contributed by atoms with Crippen LogP contribution in [-0.2, 0) is 26.2 Å². The number of aryl methyl sites for hydroxylation is 1. The number of anilines is 1. The summed E-state index contributed by atoms with van der Waals surface area (Å²) in [5.74, 6) is 0.212. The van der Waals surface area contributed by atoms with Gasteiger partial charge < -0.3 is 14.2 Å². The highest BCUT2D eigenvalue weighted by atomic mass is 35.5. The summed E-state index contributed by atoms with van der Waals surface area (Å²) in [5, 5.41) is 5.25. The van der Waals surface area contributed by atoms with Crippen LogP contribution in [0.15, 0.2) is 67.5 Å². The molecular formula is C28H22ClF3N6O2. The molecule has 0 saturated carbocycles. The quantitative estimate of drug-likeness (QED) is 0.252. The molecule has 0 spiro atoms. The third-order valence-electron chi connectivity index (χ3n) is 7.08. The number of halogens is 4. The van der Waals surface area contributed by atoms with Crippen molar-refractivity contribution in [1.29, 1.82) is 0 Å². The lowest BCUT2D eigenvalue weighted by molar-refractivity contribution is -0.140. The summed E-state index contributed by atoms with van der Waals surface area (Å²) in [7, 11) is 2.98. The Bertz CT molecular complexity index is 1750. The van der Waals surface area contributed by atoms with E-state index in [1.54, 1.807) is 73.3 Å². The zero-order valence-electron chi connectivity index (χ0n) is 21.4. The second kappa shape index (κ2) is 9.67. The standard InChI is InChI=1S/C28H22ClF3N6O2/c1-36-14-23(25(35-36)28(30,31)32)18-4-3-5-20-21(18)10-16(13-37-9-8-33-15-37)38(27(20)39)24-12-34-26(29)19-7-6-17(40-2)11-22(19)24/h3-9,11-12,14-16H,10,13H2,1-2H3. The van der Waals surface area contributed by atoms with Gasteiger partial charge in [-0.25, -0.2) is 9.97 Å². The number of fused-ring (bicyclic) bond motifs is 2. The molecular weight excluding hydrogens is 545 g/mol. The van der Waals surface area contributed by atoms with Crippen molar-refractivity contribution >= 4 is 34.0 Å². The molecule has 0 radical (unpaired) electrons. The molecule has 12 heteroatoms. The van der Waals surface area contributed by atoms with Crippen LogP contribution in [-0.4, -0.2) is 43.4 Å². The van der Waals surface area contributed by atoms with E-state index in [9.17, 15) is 18.0 Å². The number of alkyl halides is 3. The lowest BCUT2D eigenvalue weighted by Gasteiger charge is -2.38. The molecule has 5 aromatic rings. The van der Waals surface area contributed by atoms with E-state index in [0.29, 0.717) is 45.4 Å². The van der Waals surface area contributed by atoms with Crippen molar-refractivity contribution < 1.29 is 22.7 Å². The number of pyridine rings is 1. The van der Waals surface area contributed by atoms with Crippen LogP contribution in [0.4, 0.5) is 18.9 Å². The maximum absolute atomic E-state index is 14.3. The molecule has 0 saturated heterocycles. The van der Waals surface area contributed by atoms with Crippen molar-refractivity contribution in [1.82, 2.24) is 24.3 Å². The number of rotatable bonds is 5. The van der Waals surface area contributed by atoms with Crippen molar-refractivity contribution in [3.8, 4) is 16.9 Å². The Kier molecular flexibility index (Phi) is 6.25. The Labute approximate surface area is 231 Å². The summed E-state index contributed by atoms with van der Waals surface area (Å²) < 4.78 is 50.2. The predicted octanol–water partition coefficient (Wildman–Crippen LogP) is 5.78. The normalized spacial score (nSPS) is 15.5. The number of imidazole rings is 1. The highest BCUT2D eigenvalue weighted by Gasteiger charge is 2.40. The second-order valence-corrected chi connectivity index (χ2v) is 9.89. The SMILES string of the molecule is COc1ccc2c(Cl)ncc(N3C(=O)c4cccc(-c5cn(C)nc5C(F)(F)F)c4CC3Cn3ccnc3)c2c1. The molecule has 0 N–H and O–H groups in total. The van der Waals surface area contributed by atoms with Gasteiger partial charge in [-0.05, 0) is 41.8 Å². The first-order chi connectivity index (χ1) is 19.2. The van der Waals surface area contributed by atoms with E-state index in [-0.39, 0.29) is 23.0 Å². The van der Waals surface area contributed by atoms with Crippen LogP contribution >= 0.6 is 11.6 Å². The van der Waals surface area contributed by atoms with E-state index < -0.39 is 17.9 Å². The van der Waals surface area contributed by atoms with Gasteiger partial charge in [0.05, 0.1) is 31.4 Å². The number of hydrogen-bond donors (Lipinski definition) is 0. The average Bonchev–Trinajstić information content (AvgIpc) is 3.59. The van der Waals surface area contributed by atoms with Crippen molar-refractivity contribution in [2.75, 3.05) is 12.0 Å². The van der Waals surface area contributed by atoms with E-state index >= 15 is 0 Å². The van der Waals surface area contributed by atoms with E-state index in [0.717, 1.165) is 4.68 Å². The van der Waals surface area contributed by atoms with Crippen LogP contribution in [0.1, 0.15) is 21.6 Å². The Morgan fingerprint density at radius 2 is 1.93 bits per heavy atom. The van der Waals surface area contributed by atoms with Crippen molar-refractivity contribution in [2.45, 2.75) is 25.2 Å². The fraction of sp³-hybridized carbons (Fsp3) is 0.214. The van der Waals surface area contributed by atoms with Crippen LogP contribution in [0.2, 0.25) is 5.15 Å². The molecule has 204 valence electrons. The Morgan fingerprint density at radius 3 is 2.65 bits per heavy atom. The fourth-order valence-electron chi connectivity index (χ4n) is 5.36. The largest absolute Gasteiger partial charge is 0.497 e. The summed E-state index contributed by atoms with van der Waals surface area (Å²) in [4.78, 5) is 24.4. The summed E-state index contributed by atoms with van der Waals surface area (Å²) in [6.07, 6.45) is 3.53. The number of hydrogen-bond acceptors (Lipinski definition) is 5. The van der Waals surface area contributed by atoms with Crippen molar-refractivity contribution in [3.63, 3.8) is 0 Å². The van der Waals surface area contributed by atoms with Crippen LogP contribution in [0.5, 0.6) is 5.75 Å². The zero-order valence-corrected chi connectivity index (χ0v) is 22.1. The van der Waals surface area contributed by atoms with Gasteiger partial charge >= 0.3 is 6.18 Å². The summed E-state index contributed by atoms with van der Waals surface area (Å²) in [6.45, 7) is 0.340. The molecule has 3 aromatic heterocycles. The Morgan fingerprint density at radius 1 is 1.12 bits per heavy atom. The molecule has 1 unspecified atom stereocenters. The Balaban J connectivity index is 1.56. The van der Waals surface area contributed by atoms with Gasteiger partial charge in [0.1, 0.15) is 10.9 Å². The second-order valence-electron chi connectivity index (χ2n) is 9.53. The molecule has 40 heavy (non-hydrogen) atoms. The zero-order chi connectivity index (χ0) is 28.2. The van der Waals surface area contributed by atoms with Gasteiger partial charge in [0.25, 0.3) is 5.91 Å². The molecule has 4 heterocycles. The minimum atomic E-state index is -4.66. The molecule has 6 rings (SSSR count). The van der Waals surface area contributed by atoms with E-state index in [1.165, 1.54) is 13.2 Å². The molecule has 0 fully saturated rings. The molecule has 1 aliphatic rings. The fourth-order valence-corrected chi connectivity index (χ4v) is 5.57. The molecule has 2 aromatic carbocycles. The highest BCUT2D eigenvalue weighted by molar-refractivity contribution is 6.35. The van der Waals surface area contributed by atoms with E-state index in [4.69, 9.17) is 16.3 Å². The third kappa shape index (κ3) is 4.36. The lowest BCUT2D eigenvalue weighted by atomic mass is 9.86. The van der Waals surface area contributed by atoms with Gasteiger partial charge in [-0.1, -0.05) is 23.7 Å². The number of nitrogens with zero attached hydrogens (tertiary/aromatic N) is 6. The number of aromatic nitrogens is 5. The lowest BCUT2D eigenvalue weighted by Crippen LogP contribution is -2.48. The van der Waals surface area contributed by atoms with E-state index in [1.807, 2.05) is 4.57 Å². The van der Waals surface area contributed by atoms with Gasteiger partial charge in [0.2, 0.25) is 0 Å². The van der Waals surface area contributed by atoms with Gasteiger partial charge in [0, 0.05) is 54.1 Å². The number of methoxy groups -OCH3 is 1. The molecule has 0 aliphatic carbocycles. The van der Waals surface area contributed by atoms with Crippen LogP contribution in [0.3, 0.4) is 0 Å². The molecule has 0 bridgehead atoms. The number of carbonyl (C=O) groups is 1. The molecule has 1 aliphatic heterocycles. The van der Waals surface area contributed by atoms with Gasteiger partial charge in [-0.2, -0.15) is 18.3 Å². The number of carbonyl (C=O) groups excluding carboxylic acids is 1. The monoisotopic (exact) mass is 566 g/mol. The smallest absolute Gasteiger partial charge is 0.435 e. The van der Waals surface area contributed by atoms with Crippen LogP contribution < -0.4 is 9.64 Å². The summed E-state index contributed by atoms with van der Waals surface area (Å²) in [6, 6.07) is 9.67. The first kappa shape index (κ1) is 25.9. The van der Waals surface area contributed by atoms with E-state index in [2.05, 4.69) is 15.1 Å². The van der Waals surface area contributed by atoms with Crippen LogP contribution in [0, 0.1) is 0 Å². The predicted molar refractivity (Wildman–Crippen MR) is 143 cm³/mol. The summed E-state index contributed by atoms with van der Waals surface area (Å²) in [5.41, 5.74) is 0.602. The first-order valence-corrected chi connectivity index (χ1v) is 12.7. The molecule has 1 atom stereocenters. The number of ether oxygens (including phenoxy) is 1. The average molecular weight is 567 g/mol. The molecule has 8 nitrogen and oxygen atoms in total. The highest BCUT2D eigenvalue weighted by Crippen LogP contribution is 2.42. The number of benzene rings is 2.